The number of thiol groups is 1. The molecule has 46 heavy (non-hydrogen) atoms. The van der Waals surface area contributed by atoms with Crippen LogP contribution >= 0.6 is 47.1 Å². The van der Waals surface area contributed by atoms with Crippen molar-refractivity contribution in [3.05, 3.63) is 54.8 Å². The SMILES string of the molecule is C/C=C(Sc1ccc2sc(C(C)C)cc2c1OCC(CC)CCCC)/C(S)=c1\sc2cc1=CC(C)CCCCC(CC)CNC2=O. The Bertz CT molecular complexity index is 1600. The second-order valence-corrected chi connectivity index (χ2v) is 16.9. The first-order chi connectivity index (χ1) is 22.2. The van der Waals surface area contributed by atoms with Crippen LogP contribution in [0, 0.1) is 17.8 Å². The minimum atomic E-state index is 0.0279. The largest absolute Gasteiger partial charge is 0.491 e. The van der Waals surface area contributed by atoms with Crippen molar-refractivity contribution in [3.8, 4) is 5.75 Å². The minimum Gasteiger partial charge on any atom is -0.491 e. The minimum absolute atomic E-state index is 0.0279. The Kier molecular flexibility index (Phi) is 14.7. The monoisotopic (exact) mass is 697 g/mol. The van der Waals surface area contributed by atoms with E-state index in [9.17, 15) is 4.79 Å². The fourth-order valence-electron chi connectivity index (χ4n) is 6.06. The highest BCUT2D eigenvalue weighted by molar-refractivity contribution is 8.06. The summed E-state index contributed by atoms with van der Waals surface area (Å²) in [5.41, 5.74) is 0. The van der Waals surface area contributed by atoms with Crippen LogP contribution in [0.4, 0.5) is 0 Å². The molecule has 4 rings (SSSR count). The topological polar surface area (TPSA) is 38.3 Å². The van der Waals surface area contributed by atoms with E-state index in [1.807, 2.05) is 11.3 Å². The number of fused-ring (bicyclic) bond motifs is 3. The van der Waals surface area contributed by atoms with Gasteiger partial charge < -0.3 is 10.1 Å². The van der Waals surface area contributed by atoms with Crippen molar-refractivity contribution in [1.82, 2.24) is 5.32 Å². The third-order valence-electron chi connectivity index (χ3n) is 9.24. The van der Waals surface area contributed by atoms with Crippen LogP contribution in [0.5, 0.6) is 5.75 Å². The fraction of sp³-hybridized carbons (Fsp3) is 0.564. The average molecular weight is 698 g/mol. The van der Waals surface area contributed by atoms with Crippen molar-refractivity contribution in [3.63, 3.8) is 0 Å². The quantitative estimate of drug-likeness (QED) is 0.146. The molecule has 2 aromatic heterocycles. The van der Waals surface area contributed by atoms with Gasteiger partial charge in [0.1, 0.15) is 5.75 Å². The number of hydrogen-bond acceptors (Lipinski definition) is 6. The van der Waals surface area contributed by atoms with E-state index in [0.717, 1.165) is 67.5 Å². The maximum absolute atomic E-state index is 13.3. The normalized spacial score (nSPS) is 19.6. The number of thioether (sulfide) groups is 1. The predicted molar refractivity (Wildman–Crippen MR) is 209 cm³/mol. The van der Waals surface area contributed by atoms with Crippen LogP contribution in [0.3, 0.4) is 0 Å². The lowest BCUT2D eigenvalue weighted by Gasteiger charge is -2.19. The highest BCUT2D eigenvalue weighted by Gasteiger charge is 2.20. The molecule has 3 heterocycles. The zero-order valence-electron chi connectivity index (χ0n) is 29.0. The summed E-state index contributed by atoms with van der Waals surface area (Å²) in [7, 11) is 0. The van der Waals surface area contributed by atoms with Gasteiger partial charge in [-0.3, -0.25) is 4.79 Å². The maximum Gasteiger partial charge on any atom is 0.261 e. The molecule has 0 saturated heterocycles. The molecule has 3 nitrogen and oxygen atoms in total. The molecule has 0 fully saturated rings. The molecular formula is C39H55NO2S4. The van der Waals surface area contributed by atoms with Crippen LogP contribution in [0.15, 0.2) is 40.1 Å². The van der Waals surface area contributed by atoms with Crippen molar-refractivity contribution in [2.75, 3.05) is 13.2 Å². The first kappa shape index (κ1) is 37.2. The maximum atomic E-state index is 13.3. The van der Waals surface area contributed by atoms with Crippen molar-refractivity contribution < 1.29 is 9.53 Å². The Morgan fingerprint density at radius 1 is 1.15 bits per heavy atom. The van der Waals surface area contributed by atoms with Gasteiger partial charge in [-0.1, -0.05) is 104 Å². The highest BCUT2D eigenvalue weighted by atomic mass is 32.2. The van der Waals surface area contributed by atoms with Crippen molar-refractivity contribution in [2.45, 2.75) is 117 Å². The van der Waals surface area contributed by atoms with Crippen molar-refractivity contribution in [1.29, 1.82) is 0 Å². The second kappa shape index (κ2) is 18.2. The molecular weight excluding hydrogens is 643 g/mol. The van der Waals surface area contributed by atoms with Crippen LogP contribution in [0.1, 0.15) is 127 Å². The van der Waals surface area contributed by atoms with E-state index in [2.05, 4.69) is 90.2 Å². The Balaban J connectivity index is 1.75. The summed E-state index contributed by atoms with van der Waals surface area (Å²) < 4.78 is 9.14. The van der Waals surface area contributed by atoms with Crippen LogP contribution in [0.2, 0.25) is 0 Å². The molecule has 252 valence electrons. The molecule has 0 saturated carbocycles. The molecule has 3 aromatic rings. The number of carbonyl (C=O) groups excluding carboxylic acids is 1. The second-order valence-electron chi connectivity index (χ2n) is 13.2. The van der Waals surface area contributed by atoms with Gasteiger partial charge in [-0.15, -0.1) is 35.3 Å². The number of hydrogen-bond donors (Lipinski definition) is 2. The smallest absolute Gasteiger partial charge is 0.261 e. The van der Waals surface area contributed by atoms with E-state index in [1.165, 1.54) is 53.5 Å². The molecule has 1 aromatic carbocycles. The molecule has 1 aliphatic rings. The molecule has 3 unspecified atom stereocenters. The van der Waals surface area contributed by atoms with E-state index in [4.69, 9.17) is 17.4 Å². The Morgan fingerprint density at radius 2 is 1.93 bits per heavy atom. The van der Waals surface area contributed by atoms with Gasteiger partial charge in [0.2, 0.25) is 0 Å². The predicted octanol–water partition coefficient (Wildman–Crippen LogP) is 11.2. The Morgan fingerprint density at radius 3 is 2.63 bits per heavy atom. The van der Waals surface area contributed by atoms with Crippen LogP contribution in [-0.4, -0.2) is 19.1 Å². The molecule has 0 spiro atoms. The van der Waals surface area contributed by atoms with E-state index in [-0.39, 0.29) is 5.91 Å². The first-order valence-electron chi connectivity index (χ1n) is 17.6. The lowest BCUT2D eigenvalue weighted by Crippen LogP contribution is -2.28. The van der Waals surface area contributed by atoms with Gasteiger partial charge in [-0.05, 0) is 79.3 Å². The number of thiophene rings is 2. The lowest BCUT2D eigenvalue weighted by molar-refractivity contribution is 0.0950. The third-order valence-corrected chi connectivity index (χ3v) is 13.8. The highest BCUT2D eigenvalue weighted by Crippen LogP contribution is 2.45. The molecule has 0 radical (unpaired) electrons. The number of rotatable bonds is 12. The third kappa shape index (κ3) is 9.70. The molecule has 1 aliphatic heterocycles. The summed E-state index contributed by atoms with van der Waals surface area (Å²) in [4.78, 5) is 18.6. The number of benzene rings is 1. The molecule has 3 atom stereocenters. The van der Waals surface area contributed by atoms with E-state index >= 15 is 0 Å². The zero-order valence-corrected chi connectivity index (χ0v) is 32.4. The number of unbranched alkanes of at least 4 members (excludes halogenated alkanes) is 1. The molecule has 2 bridgehead atoms. The van der Waals surface area contributed by atoms with Gasteiger partial charge in [-0.25, -0.2) is 0 Å². The molecule has 1 amide bonds. The summed E-state index contributed by atoms with van der Waals surface area (Å²) in [5, 5.41) is 5.57. The summed E-state index contributed by atoms with van der Waals surface area (Å²) in [6, 6.07) is 8.90. The van der Waals surface area contributed by atoms with Crippen LogP contribution < -0.4 is 19.8 Å². The van der Waals surface area contributed by atoms with Crippen molar-refractivity contribution in [2.24, 2.45) is 17.8 Å². The van der Waals surface area contributed by atoms with Gasteiger partial charge in [-0.2, -0.15) is 0 Å². The lowest BCUT2D eigenvalue weighted by atomic mass is 9.96. The van der Waals surface area contributed by atoms with Gasteiger partial charge in [0, 0.05) is 35.9 Å². The summed E-state index contributed by atoms with van der Waals surface area (Å²) in [6.07, 6.45) is 15.1. The fourth-order valence-corrected chi connectivity index (χ4v) is 9.70. The molecule has 1 N–H and O–H groups in total. The average Bonchev–Trinajstić information content (AvgIpc) is 3.68. The van der Waals surface area contributed by atoms with Crippen LogP contribution in [-0.2, 0) is 0 Å². The standard InChI is InChI=1S/C39H55NO2S4/c1-8-12-16-28(10-3)24-42-36-30-22-34(25(5)6)45-32(30)18-19-33(36)44-31(11-4)37(43)38-29-20-26(7)15-13-14-17-27(9-2)23-40-39(41)35(21-29)46-38/h11,18-22,25-28,43H,8-10,12-17,23-24H2,1-7H3,(H,40,41)/b29-20?,31-11-,38-37+. The van der Waals surface area contributed by atoms with E-state index in [0.29, 0.717) is 23.7 Å². The first-order valence-corrected chi connectivity index (χ1v) is 20.4. The van der Waals surface area contributed by atoms with E-state index < -0.39 is 0 Å². The Labute approximate surface area is 295 Å². The van der Waals surface area contributed by atoms with Crippen LogP contribution in [0.25, 0.3) is 21.1 Å². The molecule has 0 aliphatic carbocycles. The van der Waals surface area contributed by atoms with Crippen molar-refractivity contribution >= 4 is 74.0 Å². The summed E-state index contributed by atoms with van der Waals surface area (Å²) in [5.74, 6) is 3.01. The summed E-state index contributed by atoms with van der Waals surface area (Å²) in [6.45, 7) is 17.2. The van der Waals surface area contributed by atoms with E-state index in [1.54, 1.807) is 23.1 Å². The summed E-state index contributed by atoms with van der Waals surface area (Å²) >= 11 is 10.4. The zero-order chi connectivity index (χ0) is 33.2. The van der Waals surface area contributed by atoms with Gasteiger partial charge >= 0.3 is 0 Å². The Hall–Kier alpha value is -1.67. The number of allylic oxidation sites excluding steroid dienone is 1. The van der Waals surface area contributed by atoms with Gasteiger partial charge in [0.25, 0.3) is 5.91 Å². The molecule has 7 heteroatoms. The number of amides is 1. The number of carbonyl (C=O) groups is 1. The van der Waals surface area contributed by atoms with Gasteiger partial charge in [0.15, 0.2) is 0 Å². The number of nitrogens with one attached hydrogen (secondary N) is 1. The number of ether oxygens (including phenoxy) is 1. The van der Waals surface area contributed by atoms with Gasteiger partial charge in [0.05, 0.1) is 16.4 Å².